The van der Waals surface area contributed by atoms with Crippen LogP contribution in [0.1, 0.15) is 20.3 Å². The van der Waals surface area contributed by atoms with Crippen molar-refractivity contribution in [1.82, 2.24) is 10.2 Å². The summed E-state index contributed by atoms with van der Waals surface area (Å²) in [5, 5.41) is 6.12. The molecule has 23 heavy (non-hydrogen) atoms. The number of carbonyl (C=O) groups excluding carboxylic acids is 1. The van der Waals surface area contributed by atoms with Crippen LogP contribution in [-0.2, 0) is 4.79 Å². The zero-order chi connectivity index (χ0) is 16.7. The van der Waals surface area contributed by atoms with Gasteiger partial charge in [0.25, 0.3) is 0 Å². The molecule has 1 amide bonds. The van der Waals surface area contributed by atoms with E-state index in [1.807, 2.05) is 0 Å². The minimum atomic E-state index is 0.0498. The van der Waals surface area contributed by atoms with E-state index in [0.29, 0.717) is 12.5 Å². The fraction of sp³-hybridized carbons (Fsp3) is 0.611. The van der Waals surface area contributed by atoms with Gasteiger partial charge in [-0.1, -0.05) is 13.8 Å². The molecule has 128 valence electrons. The van der Waals surface area contributed by atoms with Gasteiger partial charge in [-0.25, -0.2) is 0 Å². The maximum absolute atomic E-state index is 11.8. The van der Waals surface area contributed by atoms with Crippen LogP contribution in [-0.4, -0.2) is 57.1 Å². The summed E-state index contributed by atoms with van der Waals surface area (Å²) in [5.74, 6) is 0.666. The van der Waals surface area contributed by atoms with Crippen molar-refractivity contribution in [2.75, 3.05) is 56.5 Å². The summed E-state index contributed by atoms with van der Waals surface area (Å²) in [7, 11) is 2.16. The Balaban J connectivity index is 1.73. The first-order valence-electron chi connectivity index (χ1n) is 8.58. The lowest BCUT2D eigenvalue weighted by molar-refractivity contribution is -0.119. The maximum atomic E-state index is 11.8. The lowest BCUT2D eigenvalue weighted by atomic mass is 10.1. The van der Waals surface area contributed by atoms with E-state index in [0.717, 1.165) is 44.8 Å². The average molecular weight is 318 g/mol. The molecule has 2 rings (SSSR count). The van der Waals surface area contributed by atoms with Crippen LogP contribution >= 0.6 is 0 Å². The predicted molar refractivity (Wildman–Crippen MR) is 97.1 cm³/mol. The highest BCUT2D eigenvalue weighted by Crippen LogP contribution is 2.19. The van der Waals surface area contributed by atoms with Gasteiger partial charge >= 0.3 is 0 Å². The van der Waals surface area contributed by atoms with Gasteiger partial charge in [0.2, 0.25) is 5.91 Å². The van der Waals surface area contributed by atoms with E-state index in [1.54, 1.807) is 0 Å². The number of nitrogens with zero attached hydrogens (tertiary/aromatic N) is 2. The van der Waals surface area contributed by atoms with Crippen LogP contribution in [0.4, 0.5) is 11.4 Å². The average Bonchev–Trinajstić information content (AvgIpc) is 2.54. The van der Waals surface area contributed by atoms with Gasteiger partial charge in [-0.3, -0.25) is 4.79 Å². The van der Waals surface area contributed by atoms with Gasteiger partial charge in [-0.15, -0.1) is 0 Å². The van der Waals surface area contributed by atoms with E-state index in [1.165, 1.54) is 5.69 Å². The Morgan fingerprint density at radius 3 is 2.39 bits per heavy atom. The summed E-state index contributed by atoms with van der Waals surface area (Å²) in [4.78, 5) is 16.5. The molecule has 0 aromatic heterocycles. The smallest absolute Gasteiger partial charge is 0.239 e. The molecule has 1 fully saturated rings. The summed E-state index contributed by atoms with van der Waals surface area (Å²) < 4.78 is 0. The molecule has 5 nitrogen and oxygen atoms in total. The number of anilines is 2. The second-order valence-corrected chi connectivity index (χ2v) is 6.72. The van der Waals surface area contributed by atoms with Crippen molar-refractivity contribution < 1.29 is 4.79 Å². The third-order valence-corrected chi connectivity index (χ3v) is 4.23. The fourth-order valence-electron chi connectivity index (χ4n) is 2.60. The Morgan fingerprint density at radius 2 is 1.78 bits per heavy atom. The normalized spacial score (nSPS) is 15.7. The highest BCUT2D eigenvalue weighted by atomic mass is 16.1. The van der Waals surface area contributed by atoms with Crippen LogP contribution in [0, 0.1) is 5.92 Å². The van der Waals surface area contributed by atoms with E-state index < -0.39 is 0 Å². The van der Waals surface area contributed by atoms with E-state index in [-0.39, 0.29) is 5.91 Å². The van der Waals surface area contributed by atoms with Crippen molar-refractivity contribution in [3.63, 3.8) is 0 Å². The Kier molecular flexibility index (Phi) is 6.71. The van der Waals surface area contributed by atoms with Gasteiger partial charge in [0, 0.05) is 44.1 Å². The molecule has 0 aliphatic carbocycles. The van der Waals surface area contributed by atoms with Crippen molar-refractivity contribution >= 4 is 17.3 Å². The molecular weight excluding hydrogens is 288 g/mol. The van der Waals surface area contributed by atoms with Gasteiger partial charge in [0.1, 0.15) is 0 Å². The SMILES string of the molecule is CC(C)CCNC(=O)CNc1ccc(N2CCN(C)CC2)cc1. The topological polar surface area (TPSA) is 47.6 Å². The molecule has 0 spiro atoms. The maximum Gasteiger partial charge on any atom is 0.239 e. The summed E-state index contributed by atoms with van der Waals surface area (Å²) in [6, 6.07) is 8.36. The lowest BCUT2D eigenvalue weighted by Crippen LogP contribution is -2.44. The van der Waals surface area contributed by atoms with Gasteiger partial charge in [0.15, 0.2) is 0 Å². The molecule has 1 aromatic carbocycles. The number of benzene rings is 1. The summed E-state index contributed by atoms with van der Waals surface area (Å²) in [6.07, 6.45) is 1.02. The quantitative estimate of drug-likeness (QED) is 0.807. The first-order valence-corrected chi connectivity index (χ1v) is 8.58. The molecule has 0 radical (unpaired) electrons. The number of likely N-dealkylation sites (N-methyl/N-ethyl adjacent to an activating group) is 1. The minimum Gasteiger partial charge on any atom is -0.376 e. The molecule has 1 saturated heterocycles. The predicted octanol–water partition coefficient (Wildman–Crippen LogP) is 2.01. The number of carbonyl (C=O) groups is 1. The highest BCUT2D eigenvalue weighted by molar-refractivity contribution is 5.80. The summed E-state index contributed by atoms with van der Waals surface area (Å²) in [5.41, 5.74) is 2.24. The minimum absolute atomic E-state index is 0.0498. The Bertz CT molecular complexity index is 478. The second kappa shape index (κ2) is 8.77. The molecule has 0 unspecified atom stereocenters. The van der Waals surface area contributed by atoms with Crippen molar-refractivity contribution in [3.05, 3.63) is 24.3 Å². The van der Waals surface area contributed by atoms with Crippen LogP contribution in [0.2, 0.25) is 0 Å². The number of rotatable bonds is 7. The third-order valence-electron chi connectivity index (χ3n) is 4.23. The molecule has 1 aliphatic rings. The number of nitrogens with one attached hydrogen (secondary N) is 2. The van der Waals surface area contributed by atoms with Crippen molar-refractivity contribution in [2.24, 2.45) is 5.92 Å². The molecule has 5 heteroatoms. The van der Waals surface area contributed by atoms with Gasteiger partial charge in [0.05, 0.1) is 6.54 Å². The Labute approximate surface area is 140 Å². The van der Waals surface area contributed by atoms with E-state index in [2.05, 4.69) is 65.6 Å². The number of amides is 1. The van der Waals surface area contributed by atoms with E-state index in [9.17, 15) is 4.79 Å². The van der Waals surface area contributed by atoms with Crippen LogP contribution in [0.15, 0.2) is 24.3 Å². The lowest BCUT2D eigenvalue weighted by Gasteiger charge is -2.34. The molecule has 2 N–H and O–H groups in total. The second-order valence-electron chi connectivity index (χ2n) is 6.72. The Hall–Kier alpha value is -1.75. The first kappa shape index (κ1) is 17.6. The number of hydrogen-bond acceptors (Lipinski definition) is 4. The largest absolute Gasteiger partial charge is 0.376 e. The van der Waals surface area contributed by atoms with Crippen molar-refractivity contribution in [2.45, 2.75) is 20.3 Å². The van der Waals surface area contributed by atoms with Gasteiger partial charge < -0.3 is 20.4 Å². The summed E-state index contributed by atoms with van der Waals surface area (Å²) in [6.45, 7) is 9.75. The fourth-order valence-corrected chi connectivity index (χ4v) is 2.60. The number of hydrogen-bond donors (Lipinski definition) is 2. The molecule has 0 atom stereocenters. The zero-order valence-corrected chi connectivity index (χ0v) is 14.6. The molecule has 0 bridgehead atoms. The highest BCUT2D eigenvalue weighted by Gasteiger charge is 2.13. The summed E-state index contributed by atoms with van der Waals surface area (Å²) >= 11 is 0. The third kappa shape index (κ3) is 6.10. The van der Waals surface area contributed by atoms with E-state index in [4.69, 9.17) is 0 Å². The molecular formula is C18H30N4O. The van der Waals surface area contributed by atoms with Crippen LogP contribution in [0.5, 0.6) is 0 Å². The first-order chi connectivity index (χ1) is 11.0. The van der Waals surface area contributed by atoms with Gasteiger partial charge in [-0.2, -0.15) is 0 Å². The van der Waals surface area contributed by atoms with Crippen LogP contribution < -0.4 is 15.5 Å². The van der Waals surface area contributed by atoms with Crippen LogP contribution in [0.25, 0.3) is 0 Å². The van der Waals surface area contributed by atoms with Crippen LogP contribution in [0.3, 0.4) is 0 Å². The Morgan fingerprint density at radius 1 is 1.13 bits per heavy atom. The zero-order valence-electron chi connectivity index (χ0n) is 14.6. The molecule has 0 saturated carbocycles. The molecule has 1 heterocycles. The van der Waals surface area contributed by atoms with Crippen molar-refractivity contribution in [3.8, 4) is 0 Å². The monoisotopic (exact) mass is 318 g/mol. The number of piperazine rings is 1. The van der Waals surface area contributed by atoms with Gasteiger partial charge in [-0.05, 0) is 43.7 Å². The standard InChI is InChI=1S/C18H30N4O/c1-15(2)8-9-19-18(23)14-20-16-4-6-17(7-5-16)22-12-10-21(3)11-13-22/h4-7,15,20H,8-14H2,1-3H3,(H,19,23). The van der Waals surface area contributed by atoms with Crippen molar-refractivity contribution in [1.29, 1.82) is 0 Å². The van der Waals surface area contributed by atoms with E-state index >= 15 is 0 Å². The molecule has 1 aliphatic heterocycles. The molecule has 1 aromatic rings.